The third kappa shape index (κ3) is 9.65. The van der Waals surface area contributed by atoms with Crippen LogP contribution in [0, 0.1) is 10.1 Å². The average Bonchev–Trinajstić information content (AvgIpc) is 2.67. The Hall–Kier alpha value is -2.54. The summed E-state index contributed by atoms with van der Waals surface area (Å²) in [4.78, 5) is 20.6. The fourth-order valence-corrected chi connectivity index (χ4v) is 2.51. The van der Waals surface area contributed by atoms with Crippen LogP contribution in [0.25, 0.3) is 0 Å². The van der Waals surface area contributed by atoms with Gasteiger partial charge in [-0.1, -0.05) is 18.2 Å². The molecule has 0 radical (unpaired) electrons. The van der Waals surface area contributed by atoms with E-state index in [0.717, 1.165) is 0 Å². The third-order valence-electron chi connectivity index (χ3n) is 2.94. The minimum Gasteiger partial charge on any atom is -0.427 e. The number of hydrogen-bond donors (Lipinski definition) is 1. The first-order valence-electron chi connectivity index (χ1n) is 8.11. The number of carbonyl (C=O) groups excluding carboxylic acids is 1. The van der Waals surface area contributed by atoms with Crippen LogP contribution >= 0.6 is 8.53 Å². The lowest BCUT2D eigenvalue weighted by atomic mass is 10.3. The van der Waals surface area contributed by atoms with Crippen molar-refractivity contribution >= 4 is 20.5 Å². The number of nitro benzene ring substituents is 1. The Kier molecular flexibility index (Phi) is 10.6. The lowest BCUT2D eigenvalue weighted by Gasteiger charge is -2.17. The molecule has 8 nitrogen and oxygen atoms in total. The van der Waals surface area contributed by atoms with Crippen LogP contribution in [0.4, 0.5) is 5.69 Å². The number of non-ortho nitro benzene ring substituents is 1. The standard InChI is InChI=1S/C14H13N2O5P.C4H10O/c17-11-10-15-22(20-13-4-2-1-3-5-13)21-14-8-6-12(7-9-14)16(18)19;1-4(2)5-3/h1-9,11,15H,10H2;4H,1-3H3. The molecule has 0 aliphatic carbocycles. The van der Waals surface area contributed by atoms with Crippen molar-refractivity contribution < 1.29 is 23.5 Å². The van der Waals surface area contributed by atoms with Gasteiger partial charge < -0.3 is 18.6 Å². The van der Waals surface area contributed by atoms with E-state index in [0.29, 0.717) is 23.9 Å². The fraction of sp³-hybridized carbons (Fsp3) is 0.278. The second-order valence-corrected chi connectivity index (χ2v) is 6.51. The second-order valence-electron chi connectivity index (χ2n) is 5.32. The monoisotopic (exact) mass is 394 g/mol. The van der Waals surface area contributed by atoms with E-state index >= 15 is 0 Å². The average molecular weight is 394 g/mol. The maximum Gasteiger partial charge on any atom is 0.382 e. The first kappa shape index (κ1) is 22.5. The SMILES string of the molecule is COC(C)C.O=CCNP(Oc1ccccc1)Oc1ccc([N+](=O)[O-])cc1. The molecule has 0 bridgehead atoms. The molecule has 0 saturated carbocycles. The Morgan fingerprint density at radius 3 is 2.04 bits per heavy atom. The molecule has 2 aromatic carbocycles. The van der Waals surface area contributed by atoms with E-state index in [1.807, 2.05) is 32.0 Å². The molecule has 0 heterocycles. The first-order valence-corrected chi connectivity index (χ1v) is 9.29. The van der Waals surface area contributed by atoms with Gasteiger partial charge in [-0.15, -0.1) is 0 Å². The van der Waals surface area contributed by atoms with E-state index in [4.69, 9.17) is 13.8 Å². The van der Waals surface area contributed by atoms with Crippen LogP contribution in [0.3, 0.4) is 0 Å². The number of nitrogens with zero attached hydrogens (tertiary/aromatic N) is 1. The molecule has 146 valence electrons. The molecular weight excluding hydrogens is 371 g/mol. The topological polar surface area (TPSA) is 99.9 Å². The van der Waals surface area contributed by atoms with Crippen LogP contribution in [-0.4, -0.2) is 31.0 Å². The maximum atomic E-state index is 10.6. The highest BCUT2D eigenvalue weighted by atomic mass is 31.2. The number of rotatable bonds is 9. The van der Waals surface area contributed by atoms with Gasteiger partial charge in [-0.2, -0.15) is 0 Å². The molecule has 0 amide bonds. The molecule has 9 heteroatoms. The van der Waals surface area contributed by atoms with Crippen molar-refractivity contribution in [2.45, 2.75) is 20.0 Å². The van der Waals surface area contributed by atoms with Crippen LogP contribution in [0.15, 0.2) is 54.6 Å². The predicted octanol–water partition coefficient (Wildman–Crippen LogP) is 4.11. The van der Waals surface area contributed by atoms with Gasteiger partial charge in [0.15, 0.2) is 0 Å². The lowest BCUT2D eigenvalue weighted by molar-refractivity contribution is -0.384. The van der Waals surface area contributed by atoms with Crippen molar-refractivity contribution in [2.24, 2.45) is 0 Å². The summed E-state index contributed by atoms with van der Waals surface area (Å²) in [6.07, 6.45) is 1.08. The Morgan fingerprint density at radius 2 is 1.59 bits per heavy atom. The summed E-state index contributed by atoms with van der Waals surface area (Å²) in [5.74, 6) is 1.000. The highest BCUT2D eigenvalue weighted by Crippen LogP contribution is 2.36. The summed E-state index contributed by atoms with van der Waals surface area (Å²) in [7, 11) is 0.104. The van der Waals surface area contributed by atoms with E-state index in [-0.39, 0.29) is 12.2 Å². The number of carbonyl (C=O) groups is 1. The fourth-order valence-electron chi connectivity index (χ4n) is 1.50. The minimum atomic E-state index is -1.60. The van der Waals surface area contributed by atoms with Crippen LogP contribution in [0.5, 0.6) is 11.5 Å². The molecule has 27 heavy (non-hydrogen) atoms. The summed E-state index contributed by atoms with van der Waals surface area (Å²) in [5, 5.41) is 13.4. The van der Waals surface area contributed by atoms with Gasteiger partial charge in [0.05, 0.1) is 17.6 Å². The van der Waals surface area contributed by atoms with Crippen molar-refractivity contribution in [1.29, 1.82) is 0 Å². The summed E-state index contributed by atoms with van der Waals surface area (Å²) in [5.41, 5.74) is -0.0264. The van der Waals surface area contributed by atoms with Gasteiger partial charge in [0.1, 0.15) is 17.8 Å². The molecule has 1 unspecified atom stereocenters. The van der Waals surface area contributed by atoms with Gasteiger partial charge >= 0.3 is 8.53 Å². The molecule has 1 atom stereocenters. The summed E-state index contributed by atoms with van der Waals surface area (Å²) in [6, 6.07) is 14.6. The molecule has 0 saturated heterocycles. The number of nitro groups is 1. The summed E-state index contributed by atoms with van der Waals surface area (Å²) < 4.78 is 16.0. The van der Waals surface area contributed by atoms with Crippen molar-refractivity contribution in [1.82, 2.24) is 5.09 Å². The number of nitrogens with one attached hydrogen (secondary N) is 1. The quantitative estimate of drug-likeness (QED) is 0.296. The molecule has 2 rings (SSSR count). The Morgan fingerprint density at radius 1 is 1.07 bits per heavy atom. The van der Waals surface area contributed by atoms with Gasteiger partial charge in [0.2, 0.25) is 0 Å². The Bertz CT molecular complexity index is 682. The van der Waals surface area contributed by atoms with Crippen LogP contribution in [0.2, 0.25) is 0 Å². The summed E-state index contributed by atoms with van der Waals surface area (Å²) >= 11 is 0. The number of aldehydes is 1. The van der Waals surface area contributed by atoms with Crippen molar-refractivity contribution in [3.05, 3.63) is 64.7 Å². The smallest absolute Gasteiger partial charge is 0.382 e. The Balaban J connectivity index is 0.000000646. The number of benzene rings is 2. The van der Waals surface area contributed by atoms with E-state index in [1.54, 1.807) is 19.2 Å². The largest absolute Gasteiger partial charge is 0.427 e. The maximum absolute atomic E-state index is 10.6. The Labute approximate surface area is 159 Å². The van der Waals surface area contributed by atoms with Crippen molar-refractivity contribution in [3.63, 3.8) is 0 Å². The van der Waals surface area contributed by atoms with E-state index in [9.17, 15) is 14.9 Å². The van der Waals surface area contributed by atoms with Crippen molar-refractivity contribution in [2.75, 3.05) is 13.7 Å². The zero-order valence-electron chi connectivity index (χ0n) is 15.4. The minimum absolute atomic E-state index is 0.0264. The lowest BCUT2D eigenvalue weighted by Crippen LogP contribution is -2.16. The molecule has 0 aliphatic rings. The molecule has 0 aliphatic heterocycles. The van der Waals surface area contributed by atoms with E-state index in [2.05, 4.69) is 5.09 Å². The van der Waals surface area contributed by atoms with Gasteiger partial charge in [-0.05, 0) is 38.1 Å². The van der Waals surface area contributed by atoms with E-state index < -0.39 is 13.4 Å². The summed E-state index contributed by atoms with van der Waals surface area (Å²) in [6.45, 7) is 4.07. The molecule has 0 fully saturated rings. The van der Waals surface area contributed by atoms with E-state index in [1.165, 1.54) is 24.3 Å². The molecule has 1 N–H and O–H groups in total. The predicted molar refractivity (Wildman–Crippen MR) is 104 cm³/mol. The van der Waals surface area contributed by atoms with Crippen LogP contribution in [-0.2, 0) is 9.53 Å². The highest BCUT2D eigenvalue weighted by molar-refractivity contribution is 7.45. The zero-order chi connectivity index (χ0) is 20.1. The molecular formula is C18H23N2O6P. The normalized spacial score (nSPS) is 11.1. The second kappa shape index (κ2) is 12.8. The first-order chi connectivity index (χ1) is 13.0. The number of hydrogen-bond acceptors (Lipinski definition) is 7. The van der Waals surface area contributed by atoms with Gasteiger partial charge in [-0.25, -0.2) is 5.09 Å². The van der Waals surface area contributed by atoms with Crippen LogP contribution < -0.4 is 14.1 Å². The van der Waals surface area contributed by atoms with Gasteiger partial charge in [0.25, 0.3) is 5.69 Å². The number of ether oxygens (including phenoxy) is 1. The molecule has 0 spiro atoms. The van der Waals surface area contributed by atoms with Crippen molar-refractivity contribution in [3.8, 4) is 11.5 Å². The van der Waals surface area contributed by atoms with Gasteiger partial charge in [-0.3, -0.25) is 10.1 Å². The molecule has 0 aromatic heterocycles. The number of para-hydroxylation sites is 1. The highest BCUT2D eigenvalue weighted by Gasteiger charge is 2.15. The van der Waals surface area contributed by atoms with Gasteiger partial charge in [0, 0.05) is 19.2 Å². The van der Waals surface area contributed by atoms with Crippen LogP contribution in [0.1, 0.15) is 13.8 Å². The zero-order valence-corrected chi connectivity index (χ0v) is 16.3. The molecule has 2 aromatic rings. The number of methoxy groups -OCH3 is 1. The third-order valence-corrected chi connectivity index (χ3v) is 4.14.